The predicted molar refractivity (Wildman–Crippen MR) is 107 cm³/mol. The molecule has 1 aliphatic carbocycles. The summed E-state index contributed by atoms with van der Waals surface area (Å²) < 4.78 is 33.0. The van der Waals surface area contributed by atoms with Gasteiger partial charge in [-0.3, -0.25) is 9.59 Å². The van der Waals surface area contributed by atoms with E-state index in [2.05, 4.69) is 0 Å². The van der Waals surface area contributed by atoms with Crippen molar-refractivity contribution in [1.82, 2.24) is 4.31 Å². The van der Waals surface area contributed by atoms with Crippen molar-refractivity contribution in [3.63, 3.8) is 0 Å². The minimum Gasteiger partial charge on any atom is -0.497 e. The molecule has 2 aromatic carbocycles. The van der Waals surface area contributed by atoms with Gasteiger partial charge in [-0.05, 0) is 61.4 Å². The van der Waals surface area contributed by atoms with Crippen molar-refractivity contribution in [1.29, 1.82) is 5.26 Å². The molecule has 1 unspecified atom stereocenters. The smallest absolute Gasteiger partial charge is 0.252 e. The van der Waals surface area contributed by atoms with Gasteiger partial charge in [0, 0.05) is 6.04 Å². The Labute approximate surface area is 174 Å². The molecular weight excluding hydrogens is 406 g/mol. The van der Waals surface area contributed by atoms with E-state index in [-0.39, 0.29) is 17.4 Å². The first-order chi connectivity index (χ1) is 14.4. The molecule has 0 spiro atoms. The molecular formula is C21H19N3O5S. The van der Waals surface area contributed by atoms with E-state index >= 15 is 0 Å². The van der Waals surface area contributed by atoms with Gasteiger partial charge in [-0.2, -0.15) is 9.57 Å². The number of sulfonamides is 1. The maximum atomic E-state index is 13.3. The second-order valence-corrected chi connectivity index (χ2v) is 9.03. The number of anilines is 1. The lowest BCUT2D eigenvalue weighted by Gasteiger charge is -2.26. The highest BCUT2D eigenvalue weighted by Crippen LogP contribution is 2.38. The largest absolute Gasteiger partial charge is 0.497 e. The van der Waals surface area contributed by atoms with Crippen molar-refractivity contribution >= 4 is 27.5 Å². The molecule has 2 aliphatic rings. The molecule has 30 heavy (non-hydrogen) atoms. The van der Waals surface area contributed by atoms with Crippen LogP contribution in [0, 0.1) is 11.3 Å². The van der Waals surface area contributed by atoms with Gasteiger partial charge in [-0.15, -0.1) is 0 Å². The van der Waals surface area contributed by atoms with Gasteiger partial charge in [0.05, 0.1) is 35.7 Å². The molecule has 8 nitrogen and oxygen atoms in total. The van der Waals surface area contributed by atoms with Crippen LogP contribution in [0.1, 0.15) is 24.8 Å². The van der Waals surface area contributed by atoms with Gasteiger partial charge in [-0.1, -0.05) is 0 Å². The summed E-state index contributed by atoms with van der Waals surface area (Å²) in [4.78, 5) is 26.8. The van der Waals surface area contributed by atoms with Crippen LogP contribution in [0.4, 0.5) is 5.69 Å². The second-order valence-electron chi connectivity index (χ2n) is 7.19. The maximum absolute atomic E-state index is 13.3. The third kappa shape index (κ3) is 3.44. The molecule has 0 aromatic heterocycles. The van der Waals surface area contributed by atoms with Crippen LogP contribution in [0.5, 0.6) is 5.75 Å². The van der Waals surface area contributed by atoms with Gasteiger partial charge < -0.3 is 4.74 Å². The normalized spacial score (nSPS) is 19.2. The SMILES string of the molecule is COc1ccc(S(=O)(=O)N(C2CC2)C2CC(=O)N(c3ccc(C#N)cc3)C2=O)cc1. The molecule has 4 rings (SSSR count). The molecule has 9 heteroatoms. The number of rotatable bonds is 6. The van der Waals surface area contributed by atoms with Crippen LogP contribution < -0.4 is 9.64 Å². The molecule has 2 amide bonds. The number of hydrogen-bond donors (Lipinski definition) is 0. The third-order valence-corrected chi connectivity index (χ3v) is 7.20. The van der Waals surface area contributed by atoms with Crippen LogP contribution in [0.3, 0.4) is 0 Å². The van der Waals surface area contributed by atoms with Crippen LogP contribution in [-0.4, -0.2) is 43.7 Å². The van der Waals surface area contributed by atoms with Crippen molar-refractivity contribution in [3.8, 4) is 11.8 Å². The average Bonchev–Trinajstić information content (AvgIpc) is 3.54. The number of carbonyl (C=O) groups is 2. The van der Waals surface area contributed by atoms with Crippen molar-refractivity contribution in [2.45, 2.75) is 36.2 Å². The first-order valence-electron chi connectivity index (χ1n) is 9.41. The van der Waals surface area contributed by atoms with Crippen molar-refractivity contribution < 1.29 is 22.7 Å². The molecule has 1 saturated heterocycles. The minimum absolute atomic E-state index is 0.0484. The van der Waals surface area contributed by atoms with Crippen molar-refractivity contribution in [2.24, 2.45) is 0 Å². The zero-order chi connectivity index (χ0) is 21.5. The van der Waals surface area contributed by atoms with E-state index in [1.54, 1.807) is 12.1 Å². The van der Waals surface area contributed by atoms with E-state index in [0.717, 1.165) is 4.90 Å². The van der Waals surface area contributed by atoms with Crippen LogP contribution in [0.25, 0.3) is 0 Å². The number of benzene rings is 2. The molecule has 0 radical (unpaired) electrons. The highest BCUT2D eigenvalue weighted by Gasteiger charge is 2.51. The summed E-state index contributed by atoms with van der Waals surface area (Å²) in [6.07, 6.45) is 1.07. The summed E-state index contributed by atoms with van der Waals surface area (Å²) in [6, 6.07) is 12.6. The Morgan fingerprint density at radius 1 is 1.07 bits per heavy atom. The Kier molecular flexibility index (Phi) is 5.05. The predicted octanol–water partition coefficient (Wildman–Crippen LogP) is 2.05. The Morgan fingerprint density at radius 2 is 1.70 bits per heavy atom. The quantitative estimate of drug-likeness (QED) is 0.656. The third-order valence-electron chi connectivity index (χ3n) is 5.23. The van der Waals surface area contributed by atoms with E-state index in [4.69, 9.17) is 10.00 Å². The summed E-state index contributed by atoms with van der Waals surface area (Å²) >= 11 is 0. The zero-order valence-corrected chi connectivity index (χ0v) is 17.0. The minimum atomic E-state index is -3.98. The highest BCUT2D eigenvalue weighted by molar-refractivity contribution is 7.89. The van der Waals surface area contributed by atoms with Crippen LogP contribution in [0.2, 0.25) is 0 Å². The van der Waals surface area contributed by atoms with E-state index in [0.29, 0.717) is 29.8 Å². The fourth-order valence-corrected chi connectivity index (χ4v) is 5.41. The zero-order valence-electron chi connectivity index (χ0n) is 16.2. The standard InChI is InChI=1S/C21H19N3O5S/c1-29-17-8-10-18(11-9-17)30(27,28)24(16-6-7-16)19-12-20(25)23(21(19)26)15-4-2-14(13-22)3-5-15/h2-5,8-11,16,19H,6-7,12H2,1H3. The average molecular weight is 425 g/mol. The fourth-order valence-electron chi connectivity index (χ4n) is 3.59. The Hall–Kier alpha value is -3.22. The molecule has 2 aromatic rings. The number of nitriles is 1. The number of ether oxygens (including phenoxy) is 1. The molecule has 0 bridgehead atoms. The summed E-state index contributed by atoms with van der Waals surface area (Å²) in [5, 5.41) is 8.93. The number of carbonyl (C=O) groups excluding carboxylic acids is 2. The number of methoxy groups -OCH3 is 1. The Balaban J connectivity index is 1.67. The summed E-state index contributed by atoms with van der Waals surface area (Å²) in [5.74, 6) is -0.523. The molecule has 1 aliphatic heterocycles. The number of amides is 2. The number of nitrogens with zero attached hydrogens (tertiary/aromatic N) is 3. The summed E-state index contributed by atoms with van der Waals surface area (Å²) in [5.41, 5.74) is 0.722. The molecule has 0 N–H and O–H groups in total. The molecule has 154 valence electrons. The topological polar surface area (TPSA) is 108 Å². The lowest BCUT2D eigenvalue weighted by molar-refractivity contribution is -0.122. The van der Waals surface area contributed by atoms with Gasteiger partial charge in [-0.25, -0.2) is 13.3 Å². The van der Waals surface area contributed by atoms with Gasteiger partial charge in [0.15, 0.2) is 0 Å². The highest BCUT2D eigenvalue weighted by atomic mass is 32.2. The number of hydrogen-bond acceptors (Lipinski definition) is 6. The molecule has 2 fully saturated rings. The molecule has 1 heterocycles. The first kappa shape index (κ1) is 20.1. The van der Waals surface area contributed by atoms with E-state index in [9.17, 15) is 18.0 Å². The Morgan fingerprint density at radius 3 is 2.23 bits per heavy atom. The second kappa shape index (κ2) is 7.55. The fraction of sp³-hybridized carbons (Fsp3) is 0.286. The monoisotopic (exact) mass is 425 g/mol. The lowest BCUT2D eigenvalue weighted by Crippen LogP contribution is -2.46. The van der Waals surface area contributed by atoms with E-state index in [1.165, 1.54) is 47.8 Å². The Bertz CT molecular complexity index is 1130. The van der Waals surface area contributed by atoms with Gasteiger partial charge in [0.2, 0.25) is 15.9 Å². The number of imide groups is 1. The van der Waals surface area contributed by atoms with Crippen molar-refractivity contribution in [3.05, 3.63) is 54.1 Å². The van der Waals surface area contributed by atoms with Gasteiger partial charge in [0.1, 0.15) is 11.8 Å². The van der Waals surface area contributed by atoms with Crippen LogP contribution in [-0.2, 0) is 19.6 Å². The van der Waals surface area contributed by atoms with Gasteiger partial charge in [0.25, 0.3) is 5.91 Å². The van der Waals surface area contributed by atoms with Crippen LogP contribution >= 0.6 is 0 Å². The van der Waals surface area contributed by atoms with Crippen molar-refractivity contribution in [2.75, 3.05) is 12.0 Å². The van der Waals surface area contributed by atoms with Gasteiger partial charge >= 0.3 is 0 Å². The lowest BCUT2D eigenvalue weighted by atomic mass is 10.2. The molecule has 1 atom stereocenters. The summed E-state index contributed by atoms with van der Waals surface area (Å²) in [7, 11) is -2.50. The molecule has 1 saturated carbocycles. The van der Waals surface area contributed by atoms with E-state index in [1.807, 2.05) is 6.07 Å². The summed E-state index contributed by atoms with van der Waals surface area (Å²) in [6.45, 7) is 0. The van der Waals surface area contributed by atoms with E-state index < -0.39 is 27.9 Å². The maximum Gasteiger partial charge on any atom is 0.252 e. The van der Waals surface area contributed by atoms with Crippen LogP contribution in [0.15, 0.2) is 53.4 Å². The first-order valence-corrected chi connectivity index (χ1v) is 10.9.